The van der Waals surface area contributed by atoms with E-state index in [1.807, 2.05) is 13.8 Å². The van der Waals surface area contributed by atoms with Crippen LogP contribution in [0.2, 0.25) is 0 Å². The van der Waals surface area contributed by atoms with E-state index in [9.17, 15) is 9.59 Å². The Morgan fingerprint density at radius 3 is 2.43 bits per heavy atom. The zero-order valence-electron chi connectivity index (χ0n) is 8.41. The minimum atomic E-state index is -0.983. The maximum absolute atomic E-state index is 10.7. The van der Waals surface area contributed by atoms with Gasteiger partial charge >= 0.3 is 5.97 Å². The average molecular weight is 200 g/mol. The molecule has 0 radical (unpaired) electrons. The first kappa shape index (κ1) is 12.6. The molecule has 80 valence electrons. The van der Waals surface area contributed by atoms with Crippen LogP contribution >= 0.6 is 0 Å². The van der Waals surface area contributed by atoms with Gasteiger partial charge in [0.15, 0.2) is 0 Å². The second kappa shape index (κ2) is 6.15. The summed E-state index contributed by atoms with van der Waals surface area (Å²) in [5, 5.41) is 8.77. The molecule has 1 atom stereocenters. The predicted molar refractivity (Wildman–Crippen MR) is 52.4 cm³/mol. The zero-order valence-corrected chi connectivity index (χ0v) is 8.41. The normalized spacial score (nSPS) is 12.2. The van der Waals surface area contributed by atoms with Gasteiger partial charge in [-0.25, -0.2) is 5.43 Å². The average Bonchev–Trinajstić information content (AvgIpc) is 2.10. The second-order valence-electron chi connectivity index (χ2n) is 3.36. The number of hydrazine groups is 1. The minimum Gasteiger partial charge on any atom is -0.480 e. The van der Waals surface area contributed by atoms with E-state index < -0.39 is 17.9 Å². The number of hydrogen-bond donors (Lipinski definition) is 3. The van der Waals surface area contributed by atoms with Crippen molar-refractivity contribution in [1.82, 2.24) is 10.9 Å². The molecule has 0 aliphatic heterocycles. The molecule has 0 aromatic carbocycles. The molecule has 0 saturated carbocycles. The molecule has 0 saturated heterocycles. The Morgan fingerprint density at radius 1 is 1.50 bits per heavy atom. The highest BCUT2D eigenvalue weighted by atomic mass is 16.4. The fraction of sp³-hybridized carbons (Fsp3) is 0.556. The lowest BCUT2D eigenvalue weighted by atomic mass is 10.0. The summed E-state index contributed by atoms with van der Waals surface area (Å²) in [7, 11) is 0. The van der Waals surface area contributed by atoms with Gasteiger partial charge in [-0.2, -0.15) is 0 Å². The molecular weight excluding hydrogens is 184 g/mol. The van der Waals surface area contributed by atoms with E-state index in [1.54, 1.807) is 0 Å². The van der Waals surface area contributed by atoms with Crippen LogP contribution in [0.25, 0.3) is 0 Å². The van der Waals surface area contributed by atoms with E-state index in [2.05, 4.69) is 17.4 Å². The van der Waals surface area contributed by atoms with E-state index in [0.29, 0.717) is 6.42 Å². The van der Waals surface area contributed by atoms with Crippen LogP contribution in [0, 0.1) is 5.92 Å². The number of aliphatic carboxylic acids is 1. The first-order valence-corrected chi connectivity index (χ1v) is 4.38. The van der Waals surface area contributed by atoms with Gasteiger partial charge in [0, 0.05) is 0 Å². The van der Waals surface area contributed by atoms with Gasteiger partial charge in [-0.05, 0) is 18.4 Å². The Kier molecular flexibility index (Phi) is 5.55. The van der Waals surface area contributed by atoms with Crippen molar-refractivity contribution in [2.24, 2.45) is 5.92 Å². The summed E-state index contributed by atoms with van der Waals surface area (Å²) in [6, 6.07) is -0.765. The van der Waals surface area contributed by atoms with Gasteiger partial charge in [0.2, 0.25) is 0 Å². The second-order valence-corrected chi connectivity index (χ2v) is 3.36. The lowest BCUT2D eigenvalue weighted by Gasteiger charge is -2.16. The van der Waals surface area contributed by atoms with E-state index >= 15 is 0 Å². The lowest BCUT2D eigenvalue weighted by molar-refractivity contribution is -0.140. The lowest BCUT2D eigenvalue weighted by Crippen LogP contribution is -2.48. The van der Waals surface area contributed by atoms with Crippen molar-refractivity contribution in [3.05, 3.63) is 12.7 Å². The van der Waals surface area contributed by atoms with Crippen molar-refractivity contribution in [3.63, 3.8) is 0 Å². The van der Waals surface area contributed by atoms with Crippen LogP contribution in [0.5, 0.6) is 0 Å². The standard InChI is InChI=1S/C9H16N2O3/c1-4-8(12)11-10-7(9(13)14)5-6(2)3/h4,6-7,10H,1,5H2,2-3H3,(H,11,12)(H,13,14)/t7-/m0/s1. The number of amides is 1. The maximum Gasteiger partial charge on any atom is 0.322 e. The number of carboxylic acids is 1. The maximum atomic E-state index is 10.7. The van der Waals surface area contributed by atoms with E-state index in [0.717, 1.165) is 6.08 Å². The SMILES string of the molecule is C=CC(=O)NN[C@@H](CC(C)C)C(=O)O. The third kappa shape index (κ3) is 5.31. The third-order valence-electron chi connectivity index (χ3n) is 1.56. The Labute approximate surface area is 83.2 Å². The highest BCUT2D eigenvalue weighted by Crippen LogP contribution is 2.03. The van der Waals surface area contributed by atoms with Gasteiger partial charge in [0.25, 0.3) is 5.91 Å². The number of carbonyl (C=O) groups is 2. The highest BCUT2D eigenvalue weighted by Gasteiger charge is 2.18. The summed E-state index contributed by atoms with van der Waals surface area (Å²) in [5.74, 6) is -1.19. The molecule has 0 aromatic heterocycles. The van der Waals surface area contributed by atoms with Gasteiger partial charge in [-0.15, -0.1) is 0 Å². The van der Waals surface area contributed by atoms with E-state index in [4.69, 9.17) is 5.11 Å². The minimum absolute atomic E-state index is 0.240. The van der Waals surface area contributed by atoms with Crippen molar-refractivity contribution < 1.29 is 14.7 Å². The van der Waals surface area contributed by atoms with Crippen LogP contribution in [-0.4, -0.2) is 23.0 Å². The van der Waals surface area contributed by atoms with E-state index in [-0.39, 0.29) is 5.92 Å². The molecule has 5 nitrogen and oxygen atoms in total. The zero-order chi connectivity index (χ0) is 11.1. The Morgan fingerprint density at radius 2 is 2.07 bits per heavy atom. The molecule has 0 aromatic rings. The van der Waals surface area contributed by atoms with Crippen molar-refractivity contribution in [2.45, 2.75) is 26.3 Å². The number of hydrogen-bond acceptors (Lipinski definition) is 3. The molecule has 1 amide bonds. The molecule has 0 heterocycles. The van der Waals surface area contributed by atoms with Gasteiger partial charge < -0.3 is 5.11 Å². The number of nitrogens with one attached hydrogen (secondary N) is 2. The van der Waals surface area contributed by atoms with Crippen molar-refractivity contribution in [3.8, 4) is 0 Å². The summed E-state index contributed by atoms with van der Waals surface area (Å²) in [4.78, 5) is 21.4. The number of carboxylic acid groups (broad SMARTS) is 1. The first-order valence-electron chi connectivity index (χ1n) is 4.38. The highest BCUT2D eigenvalue weighted by molar-refractivity contribution is 5.86. The topological polar surface area (TPSA) is 78.4 Å². The van der Waals surface area contributed by atoms with Crippen LogP contribution in [0.1, 0.15) is 20.3 Å². The summed E-state index contributed by atoms with van der Waals surface area (Å²) in [5.41, 5.74) is 4.66. The number of rotatable bonds is 6. The van der Waals surface area contributed by atoms with Crippen LogP contribution in [0.15, 0.2) is 12.7 Å². The fourth-order valence-corrected chi connectivity index (χ4v) is 0.902. The summed E-state index contributed by atoms with van der Waals surface area (Å²) < 4.78 is 0. The Hall–Kier alpha value is -1.36. The molecule has 0 unspecified atom stereocenters. The largest absolute Gasteiger partial charge is 0.480 e. The number of carbonyl (C=O) groups excluding carboxylic acids is 1. The van der Waals surface area contributed by atoms with Gasteiger partial charge in [0.1, 0.15) is 6.04 Å². The van der Waals surface area contributed by atoms with Crippen LogP contribution in [-0.2, 0) is 9.59 Å². The van der Waals surface area contributed by atoms with Crippen molar-refractivity contribution in [2.75, 3.05) is 0 Å². The first-order chi connectivity index (χ1) is 6.47. The fourth-order valence-electron chi connectivity index (χ4n) is 0.902. The molecular formula is C9H16N2O3. The van der Waals surface area contributed by atoms with Gasteiger partial charge in [-0.1, -0.05) is 20.4 Å². The Balaban J connectivity index is 4.03. The molecule has 0 bridgehead atoms. The smallest absolute Gasteiger partial charge is 0.322 e. The monoisotopic (exact) mass is 200 g/mol. The molecule has 0 aliphatic rings. The molecule has 0 aliphatic carbocycles. The molecule has 14 heavy (non-hydrogen) atoms. The predicted octanol–water partition coefficient (Wildman–Crippen LogP) is 0.292. The molecule has 5 heteroatoms. The third-order valence-corrected chi connectivity index (χ3v) is 1.56. The van der Waals surface area contributed by atoms with Crippen LogP contribution in [0.4, 0.5) is 0 Å². The van der Waals surface area contributed by atoms with Gasteiger partial charge in [-0.3, -0.25) is 15.0 Å². The molecule has 3 N–H and O–H groups in total. The Bertz CT molecular complexity index is 226. The summed E-state index contributed by atoms with van der Waals surface area (Å²) in [6.07, 6.45) is 1.52. The quantitative estimate of drug-likeness (QED) is 0.425. The van der Waals surface area contributed by atoms with Crippen molar-refractivity contribution >= 4 is 11.9 Å². The molecule has 0 spiro atoms. The van der Waals surface area contributed by atoms with Crippen LogP contribution < -0.4 is 10.9 Å². The van der Waals surface area contributed by atoms with Gasteiger partial charge in [0.05, 0.1) is 0 Å². The van der Waals surface area contributed by atoms with Crippen molar-refractivity contribution in [1.29, 1.82) is 0 Å². The molecule has 0 fully saturated rings. The molecule has 0 rings (SSSR count). The van der Waals surface area contributed by atoms with Crippen LogP contribution in [0.3, 0.4) is 0 Å². The van der Waals surface area contributed by atoms with E-state index in [1.165, 1.54) is 0 Å². The summed E-state index contributed by atoms with van der Waals surface area (Å²) >= 11 is 0. The summed E-state index contributed by atoms with van der Waals surface area (Å²) in [6.45, 7) is 7.06.